The highest BCUT2D eigenvalue weighted by atomic mass is 16.3. The number of nitrogens with one attached hydrogen (secondary N) is 3. The molecule has 3 aromatic heterocycles. The first kappa shape index (κ1) is 22.3. The van der Waals surface area contributed by atoms with Crippen molar-refractivity contribution in [3.05, 3.63) is 71.2 Å². The maximum atomic E-state index is 12.7. The highest BCUT2D eigenvalue weighted by Gasteiger charge is 2.29. The monoisotopic (exact) mass is 457 g/mol. The Morgan fingerprint density at radius 1 is 1.18 bits per heavy atom. The Bertz CT molecular complexity index is 1300. The van der Waals surface area contributed by atoms with Crippen LogP contribution in [0.2, 0.25) is 0 Å². The van der Waals surface area contributed by atoms with E-state index in [9.17, 15) is 4.79 Å². The van der Waals surface area contributed by atoms with Gasteiger partial charge in [-0.05, 0) is 74.5 Å². The van der Waals surface area contributed by atoms with E-state index in [4.69, 9.17) is 4.42 Å². The van der Waals surface area contributed by atoms with Crippen LogP contribution in [0.25, 0.3) is 22.2 Å². The Kier molecular flexibility index (Phi) is 5.96. The zero-order valence-electron chi connectivity index (χ0n) is 20.1. The van der Waals surface area contributed by atoms with E-state index in [1.54, 1.807) is 0 Å². The summed E-state index contributed by atoms with van der Waals surface area (Å²) < 4.78 is 4.98. The van der Waals surface area contributed by atoms with E-state index >= 15 is 0 Å². The zero-order chi connectivity index (χ0) is 23.8. The normalized spacial score (nSPS) is 18.5. The van der Waals surface area contributed by atoms with Gasteiger partial charge in [0.2, 0.25) is 0 Å². The first-order valence-corrected chi connectivity index (χ1v) is 11.9. The van der Waals surface area contributed by atoms with Crippen molar-refractivity contribution in [2.45, 2.75) is 58.5 Å². The largest absolute Gasteiger partial charge is 0.451 e. The molecule has 5 rings (SSSR count). The van der Waals surface area contributed by atoms with Crippen LogP contribution >= 0.6 is 0 Å². The second-order valence-corrected chi connectivity index (χ2v) is 9.54. The number of nitrogens with zero attached hydrogens (tertiary/aromatic N) is 2. The van der Waals surface area contributed by atoms with E-state index in [0.717, 1.165) is 42.0 Å². The number of piperidine rings is 1. The number of hydrogen-bond acceptors (Lipinski definition) is 5. The Labute approximate surface area is 199 Å². The standard InChI is InChI=1S/C27H31N5O2/c1-15(2)24-20-12-18(7-8-21(20)31-26(24)19-10-16(3)30-17(4)11-19)25-22(6-5-9-28-25)32-27(33)23-13-34-14-29-23/h7-8,10-15,22,25,28,31H,5-6,9H2,1-4H3,(H,32,33). The van der Waals surface area contributed by atoms with Crippen molar-refractivity contribution in [2.75, 3.05) is 6.54 Å². The summed E-state index contributed by atoms with van der Waals surface area (Å²) in [4.78, 5) is 24.9. The first-order chi connectivity index (χ1) is 16.4. The molecule has 0 saturated carbocycles. The topological polar surface area (TPSA) is 95.8 Å². The average Bonchev–Trinajstić information content (AvgIpc) is 3.46. The molecule has 0 spiro atoms. The molecule has 2 atom stereocenters. The van der Waals surface area contributed by atoms with Crippen LogP contribution in [0, 0.1) is 13.8 Å². The number of carbonyl (C=O) groups is 1. The highest BCUT2D eigenvalue weighted by Crippen LogP contribution is 2.37. The third kappa shape index (κ3) is 4.23. The number of carbonyl (C=O) groups excluding carboxylic acids is 1. The maximum absolute atomic E-state index is 12.7. The molecular weight excluding hydrogens is 426 g/mol. The maximum Gasteiger partial charge on any atom is 0.273 e. The second-order valence-electron chi connectivity index (χ2n) is 9.54. The molecule has 2 unspecified atom stereocenters. The molecule has 7 nitrogen and oxygen atoms in total. The quantitative estimate of drug-likeness (QED) is 0.384. The summed E-state index contributed by atoms with van der Waals surface area (Å²) in [5.41, 5.74) is 8.26. The molecule has 4 aromatic rings. The van der Waals surface area contributed by atoms with Gasteiger partial charge in [0.25, 0.3) is 5.91 Å². The van der Waals surface area contributed by atoms with E-state index in [0.29, 0.717) is 11.6 Å². The number of oxazole rings is 1. The Morgan fingerprint density at radius 2 is 1.97 bits per heavy atom. The molecule has 1 saturated heterocycles. The van der Waals surface area contributed by atoms with E-state index in [2.05, 4.69) is 69.8 Å². The molecule has 1 aliphatic rings. The molecule has 1 fully saturated rings. The van der Waals surface area contributed by atoms with E-state index in [1.165, 1.54) is 34.7 Å². The van der Waals surface area contributed by atoms with Crippen molar-refractivity contribution < 1.29 is 9.21 Å². The first-order valence-electron chi connectivity index (χ1n) is 11.9. The van der Waals surface area contributed by atoms with Gasteiger partial charge < -0.3 is 20.0 Å². The molecule has 4 heterocycles. The summed E-state index contributed by atoms with van der Waals surface area (Å²) >= 11 is 0. The number of fused-ring (bicyclic) bond motifs is 1. The highest BCUT2D eigenvalue weighted by molar-refractivity contribution is 5.93. The van der Waals surface area contributed by atoms with Gasteiger partial charge in [0.15, 0.2) is 12.1 Å². The number of hydrogen-bond donors (Lipinski definition) is 3. The van der Waals surface area contributed by atoms with Gasteiger partial charge >= 0.3 is 0 Å². The van der Waals surface area contributed by atoms with Gasteiger partial charge in [-0.1, -0.05) is 19.9 Å². The minimum atomic E-state index is -0.205. The third-order valence-corrected chi connectivity index (χ3v) is 6.61. The predicted molar refractivity (Wildman–Crippen MR) is 133 cm³/mol. The minimum absolute atomic E-state index is 0.0257. The van der Waals surface area contributed by atoms with Crippen LogP contribution < -0.4 is 10.6 Å². The number of aryl methyl sites for hydroxylation is 2. The van der Waals surface area contributed by atoms with Crippen LogP contribution in [-0.4, -0.2) is 33.4 Å². The van der Waals surface area contributed by atoms with Gasteiger partial charge in [0, 0.05) is 33.9 Å². The van der Waals surface area contributed by atoms with Gasteiger partial charge in [0.05, 0.1) is 11.7 Å². The van der Waals surface area contributed by atoms with Crippen LogP contribution in [-0.2, 0) is 0 Å². The summed E-state index contributed by atoms with van der Waals surface area (Å²) in [6.45, 7) is 9.46. The zero-order valence-corrected chi connectivity index (χ0v) is 20.1. The number of benzene rings is 1. The molecule has 0 radical (unpaired) electrons. The minimum Gasteiger partial charge on any atom is -0.451 e. The molecule has 3 N–H and O–H groups in total. The smallest absolute Gasteiger partial charge is 0.273 e. The summed E-state index contributed by atoms with van der Waals surface area (Å²) in [6.07, 6.45) is 4.58. The summed E-state index contributed by atoms with van der Waals surface area (Å²) in [6, 6.07) is 10.9. The fourth-order valence-corrected chi connectivity index (χ4v) is 5.19. The van der Waals surface area contributed by atoms with Gasteiger partial charge in [0.1, 0.15) is 6.26 Å². The van der Waals surface area contributed by atoms with Crippen LogP contribution in [0.1, 0.15) is 71.7 Å². The van der Waals surface area contributed by atoms with Crippen molar-refractivity contribution in [2.24, 2.45) is 0 Å². The summed E-state index contributed by atoms with van der Waals surface area (Å²) in [7, 11) is 0. The molecule has 1 aliphatic heterocycles. The number of rotatable bonds is 5. The fraction of sp³-hybridized carbons (Fsp3) is 0.370. The fourth-order valence-electron chi connectivity index (χ4n) is 5.19. The predicted octanol–water partition coefficient (Wildman–Crippen LogP) is 5.18. The third-order valence-electron chi connectivity index (χ3n) is 6.61. The van der Waals surface area contributed by atoms with Crippen LogP contribution in [0.5, 0.6) is 0 Å². The summed E-state index contributed by atoms with van der Waals surface area (Å²) in [5, 5.41) is 8.01. The Hall–Kier alpha value is -3.45. The van der Waals surface area contributed by atoms with Crippen LogP contribution in [0.3, 0.4) is 0 Å². The van der Waals surface area contributed by atoms with Crippen molar-refractivity contribution >= 4 is 16.8 Å². The van der Waals surface area contributed by atoms with Gasteiger partial charge in [-0.2, -0.15) is 0 Å². The molecule has 7 heteroatoms. The van der Waals surface area contributed by atoms with Crippen LogP contribution in [0.15, 0.2) is 47.4 Å². The van der Waals surface area contributed by atoms with Gasteiger partial charge in [-0.15, -0.1) is 0 Å². The lowest BCUT2D eigenvalue weighted by Gasteiger charge is -2.33. The number of H-pyrrole nitrogens is 1. The van der Waals surface area contributed by atoms with Gasteiger partial charge in [-0.3, -0.25) is 9.78 Å². The number of amides is 1. The lowest BCUT2D eigenvalue weighted by molar-refractivity contribution is 0.0912. The number of pyridine rings is 1. The number of aromatic nitrogens is 3. The summed E-state index contributed by atoms with van der Waals surface area (Å²) in [5.74, 6) is 0.138. The second kappa shape index (κ2) is 9.06. The van der Waals surface area contributed by atoms with E-state index in [1.807, 2.05) is 13.8 Å². The van der Waals surface area contributed by atoms with Crippen molar-refractivity contribution in [1.29, 1.82) is 0 Å². The SMILES string of the molecule is Cc1cc(-c2[nH]c3ccc(C4NCCCC4NC(=O)c4cocn4)cc3c2C(C)C)cc(C)n1. The molecule has 34 heavy (non-hydrogen) atoms. The van der Waals surface area contributed by atoms with Crippen LogP contribution in [0.4, 0.5) is 0 Å². The molecule has 0 bridgehead atoms. The lowest BCUT2D eigenvalue weighted by Crippen LogP contribution is -2.48. The average molecular weight is 458 g/mol. The van der Waals surface area contributed by atoms with E-state index < -0.39 is 0 Å². The molecule has 1 amide bonds. The molecular formula is C27H31N5O2. The lowest BCUT2D eigenvalue weighted by atomic mass is 9.89. The molecule has 0 aliphatic carbocycles. The molecule has 1 aromatic carbocycles. The number of aromatic amines is 1. The van der Waals surface area contributed by atoms with Gasteiger partial charge in [-0.25, -0.2) is 4.98 Å². The van der Waals surface area contributed by atoms with Crippen molar-refractivity contribution in [1.82, 2.24) is 25.6 Å². The Morgan fingerprint density at radius 3 is 2.68 bits per heavy atom. The van der Waals surface area contributed by atoms with E-state index in [-0.39, 0.29) is 18.0 Å². The molecule has 176 valence electrons. The van der Waals surface area contributed by atoms with Crippen molar-refractivity contribution in [3.63, 3.8) is 0 Å². The van der Waals surface area contributed by atoms with Crippen molar-refractivity contribution in [3.8, 4) is 11.3 Å². The Balaban J connectivity index is 1.53.